The van der Waals surface area contributed by atoms with E-state index in [0.717, 1.165) is 5.56 Å². The van der Waals surface area contributed by atoms with Crippen molar-refractivity contribution in [3.05, 3.63) is 77.9 Å². The molecule has 0 bridgehead atoms. The first-order valence-corrected chi connectivity index (χ1v) is 7.97. The summed E-state index contributed by atoms with van der Waals surface area (Å²) in [4.78, 5) is 12.2. The van der Waals surface area contributed by atoms with E-state index in [0.29, 0.717) is 12.0 Å². The molecule has 4 nitrogen and oxygen atoms in total. The highest BCUT2D eigenvalue weighted by molar-refractivity contribution is 5.81. The normalized spacial score (nSPS) is 13.6. The molecule has 0 aliphatic carbocycles. The number of benzene rings is 2. The van der Waals surface area contributed by atoms with E-state index in [1.54, 1.807) is 37.3 Å². The van der Waals surface area contributed by atoms with Crippen LogP contribution in [0.2, 0.25) is 0 Å². The Morgan fingerprint density at radius 2 is 1.79 bits per heavy atom. The predicted molar refractivity (Wildman–Crippen MR) is 92.6 cm³/mol. The first-order chi connectivity index (χ1) is 11.6. The van der Waals surface area contributed by atoms with Crippen molar-refractivity contribution in [2.45, 2.75) is 25.4 Å². The third kappa shape index (κ3) is 4.70. The van der Waals surface area contributed by atoms with E-state index in [2.05, 4.69) is 0 Å². The SMILES string of the molecule is CCOC(=O)C(/C=C\CC(O)c1ccccc1)c1ccccc1O. The van der Waals surface area contributed by atoms with Crippen LogP contribution in [0.5, 0.6) is 5.75 Å². The Balaban J connectivity index is 2.13. The van der Waals surface area contributed by atoms with Crippen molar-refractivity contribution in [3.63, 3.8) is 0 Å². The summed E-state index contributed by atoms with van der Waals surface area (Å²) in [5, 5.41) is 20.2. The van der Waals surface area contributed by atoms with E-state index in [1.165, 1.54) is 6.07 Å². The predicted octanol–water partition coefficient (Wildman–Crippen LogP) is 3.72. The average Bonchev–Trinajstić information content (AvgIpc) is 2.60. The molecule has 0 spiro atoms. The molecule has 4 heteroatoms. The van der Waals surface area contributed by atoms with E-state index < -0.39 is 18.0 Å². The maximum atomic E-state index is 12.2. The monoisotopic (exact) mass is 326 g/mol. The van der Waals surface area contributed by atoms with Gasteiger partial charge in [-0.15, -0.1) is 0 Å². The molecule has 126 valence electrons. The fraction of sp³-hybridized carbons (Fsp3) is 0.250. The maximum absolute atomic E-state index is 12.2. The van der Waals surface area contributed by atoms with Gasteiger partial charge in [0.25, 0.3) is 0 Å². The Labute approximate surface area is 142 Å². The van der Waals surface area contributed by atoms with Crippen LogP contribution in [0.3, 0.4) is 0 Å². The Morgan fingerprint density at radius 1 is 1.12 bits per heavy atom. The number of phenols is 1. The molecule has 0 fully saturated rings. The van der Waals surface area contributed by atoms with Gasteiger partial charge in [0.1, 0.15) is 11.7 Å². The lowest BCUT2D eigenvalue weighted by Gasteiger charge is -2.14. The number of esters is 1. The van der Waals surface area contributed by atoms with Crippen molar-refractivity contribution in [2.24, 2.45) is 0 Å². The third-order valence-corrected chi connectivity index (χ3v) is 3.68. The van der Waals surface area contributed by atoms with Gasteiger partial charge in [-0.3, -0.25) is 4.79 Å². The lowest BCUT2D eigenvalue weighted by Crippen LogP contribution is -2.14. The minimum Gasteiger partial charge on any atom is -0.508 e. The van der Waals surface area contributed by atoms with Gasteiger partial charge in [0.15, 0.2) is 0 Å². The molecule has 0 aliphatic rings. The summed E-state index contributed by atoms with van der Waals surface area (Å²) in [6.45, 7) is 2.01. The molecular formula is C20H22O4. The Morgan fingerprint density at radius 3 is 2.46 bits per heavy atom. The van der Waals surface area contributed by atoms with Crippen molar-refractivity contribution in [3.8, 4) is 5.75 Å². The zero-order valence-corrected chi connectivity index (χ0v) is 13.6. The number of phenolic OH excluding ortho intramolecular Hbond substituents is 1. The Hall–Kier alpha value is -2.59. The second-order valence-electron chi connectivity index (χ2n) is 5.38. The molecule has 2 atom stereocenters. The highest BCUT2D eigenvalue weighted by Crippen LogP contribution is 2.28. The number of carbonyl (C=O) groups excluding carboxylic acids is 1. The summed E-state index contributed by atoms with van der Waals surface area (Å²) in [5.74, 6) is -1.08. The highest BCUT2D eigenvalue weighted by atomic mass is 16.5. The molecule has 24 heavy (non-hydrogen) atoms. The zero-order chi connectivity index (χ0) is 17.4. The number of aliphatic hydroxyl groups excluding tert-OH is 1. The summed E-state index contributed by atoms with van der Waals surface area (Å²) in [5.41, 5.74) is 1.30. The molecule has 0 aromatic heterocycles. The molecule has 0 radical (unpaired) electrons. The molecule has 0 saturated heterocycles. The van der Waals surface area contributed by atoms with Crippen LogP contribution >= 0.6 is 0 Å². The van der Waals surface area contributed by atoms with E-state index in [9.17, 15) is 15.0 Å². The van der Waals surface area contributed by atoms with Gasteiger partial charge in [-0.05, 0) is 25.0 Å². The summed E-state index contributed by atoms with van der Waals surface area (Å²) in [7, 11) is 0. The zero-order valence-electron chi connectivity index (χ0n) is 13.6. The van der Waals surface area contributed by atoms with Gasteiger partial charge in [-0.2, -0.15) is 0 Å². The standard InChI is InChI=1S/C20H22O4/c1-2-24-20(23)17(16-11-6-7-13-19(16)22)12-8-14-18(21)15-9-4-3-5-10-15/h3-13,17-18,21-22H,2,14H2,1H3/b12-8-. The number of para-hydroxylation sites is 1. The van der Waals surface area contributed by atoms with Crippen molar-refractivity contribution in [2.75, 3.05) is 6.61 Å². The third-order valence-electron chi connectivity index (χ3n) is 3.68. The van der Waals surface area contributed by atoms with Crippen LogP contribution in [0.25, 0.3) is 0 Å². The van der Waals surface area contributed by atoms with Crippen LogP contribution in [0.15, 0.2) is 66.7 Å². The summed E-state index contributed by atoms with van der Waals surface area (Å²) >= 11 is 0. The number of hydrogen-bond acceptors (Lipinski definition) is 4. The fourth-order valence-electron chi connectivity index (χ4n) is 2.45. The first kappa shape index (κ1) is 17.8. The van der Waals surface area contributed by atoms with Crippen LogP contribution in [0.1, 0.15) is 36.5 Å². The van der Waals surface area contributed by atoms with Crippen LogP contribution in [0.4, 0.5) is 0 Å². The number of aromatic hydroxyl groups is 1. The van der Waals surface area contributed by atoms with Crippen molar-refractivity contribution >= 4 is 5.97 Å². The summed E-state index contributed by atoms with van der Waals surface area (Å²) < 4.78 is 5.09. The minimum atomic E-state index is -0.700. The molecule has 0 saturated carbocycles. The second kappa shape index (κ2) is 8.89. The lowest BCUT2D eigenvalue weighted by molar-refractivity contribution is -0.143. The van der Waals surface area contributed by atoms with Gasteiger partial charge in [-0.1, -0.05) is 60.7 Å². The molecule has 2 unspecified atom stereocenters. The molecule has 2 N–H and O–H groups in total. The number of carbonyl (C=O) groups is 1. The van der Waals surface area contributed by atoms with Gasteiger partial charge >= 0.3 is 5.97 Å². The van der Waals surface area contributed by atoms with Gasteiger partial charge < -0.3 is 14.9 Å². The molecule has 2 rings (SSSR count). The molecule has 0 amide bonds. The molecule has 0 heterocycles. The van der Waals surface area contributed by atoms with Gasteiger partial charge in [-0.25, -0.2) is 0 Å². The smallest absolute Gasteiger partial charge is 0.317 e. The van der Waals surface area contributed by atoms with Crippen LogP contribution in [-0.2, 0) is 9.53 Å². The van der Waals surface area contributed by atoms with Gasteiger partial charge in [0.05, 0.1) is 12.7 Å². The quantitative estimate of drug-likeness (QED) is 0.601. The second-order valence-corrected chi connectivity index (χ2v) is 5.38. The number of rotatable bonds is 7. The van der Waals surface area contributed by atoms with Crippen LogP contribution in [0, 0.1) is 0 Å². The van der Waals surface area contributed by atoms with Crippen molar-refractivity contribution in [1.82, 2.24) is 0 Å². The number of ether oxygens (including phenoxy) is 1. The highest BCUT2D eigenvalue weighted by Gasteiger charge is 2.21. The van der Waals surface area contributed by atoms with Crippen LogP contribution in [-0.4, -0.2) is 22.8 Å². The summed E-state index contributed by atoms with van der Waals surface area (Å²) in [6, 6.07) is 16.0. The molecule has 2 aromatic carbocycles. The van der Waals surface area contributed by atoms with E-state index in [-0.39, 0.29) is 12.4 Å². The Bertz CT molecular complexity index is 679. The van der Waals surface area contributed by atoms with Gasteiger partial charge in [0, 0.05) is 5.56 Å². The maximum Gasteiger partial charge on any atom is 0.317 e. The van der Waals surface area contributed by atoms with E-state index in [1.807, 2.05) is 30.3 Å². The van der Waals surface area contributed by atoms with Crippen molar-refractivity contribution < 1.29 is 19.7 Å². The molecule has 0 aliphatic heterocycles. The van der Waals surface area contributed by atoms with E-state index in [4.69, 9.17) is 4.74 Å². The van der Waals surface area contributed by atoms with E-state index >= 15 is 0 Å². The molecular weight excluding hydrogens is 304 g/mol. The average molecular weight is 326 g/mol. The van der Waals surface area contributed by atoms with Gasteiger partial charge in [0.2, 0.25) is 0 Å². The topological polar surface area (TPSA) is 66.8 Å². The minimum absolute atomic E-state index is 0.0452. The Kier molecular flexibility index (Phi) is 6.58. The van der Waals surface area contributed by atoms with Crippen LogP contribution < -0.4 is 0 Å². The largest absolute Gasteiger partial charge is 0.508 e. The number of aliphatic hydroxyl groups is 1. The first-order valence-electron chi connectivity index (χ1n) is 7.97. The number of hydrogen-bond donors (Lipinski definition) is 2. The summed E-state index contributed by atoms with van der Waals surface area (Å²) in [6.07, 6.45) is 3.13. The molecule has 2 aromatic rings. The van der Waals surface area contributed by atoms with Crippen molar-refractivity contribution in [1.29, 1.82) is 0 Å². The fourth-order valence-corrected chi connectivity index (χ4v) is 2.45. The lowest BCUT2D eigenvalue weighted by atomic mass is 9.96.